The normalized spacial score (nSPS) is 14.4. The first kappa shape index (κ1) is 14.2. The van der Waals surface area contributed by atoms with Crippen LogP contribution in [-0.2, 0) is 4.74 Å². The molecule has 1 rings (SSSR count). The van der Waals surface area contributed by atoms with Crippen LogP contribution in [0.25, 0.3) is 0 Å². The van der Waals surface area contributed by atoms with Crippen molar-refractivity contribution in [3.05, 3.63) is 21.9 Å². The molecule has 0 aromatic carbocycles. The molecule has 1 amide bonds. The molecule has 96 valence electrons. The number of aliphatic hydroxyl groups is 1. The molecule has 1 aromatic heterocycles. The van der Waals surface area contributed by atoms with Gasteiger partial charge in [-0.2, -0.15) is 11.3 Å². The Hall–Kier alpha value is -0.910. The molecular formula is C12H19NO3S. The van der Waals surface area contributed by atoms with Gasteiger partial charge in [-0.25, -0.2) is 0 Å². The summed E-state index contributed by atoms with van der Waals surface area (Å²) in [6, 6.07) is 0. The summed E-state index contributed by atoms with van der Waals surface area (Å²) >= 11 is 1.50. The van der Waals surface area contributed by atoms with E-state index in [1.807, 2.05) is 17.7 Å². The van der Waals surface area contributed by atoms with Crippen LogP contribution in [0, 0.1) is 6.92 Å². The molecule has 0 bridgehead atoms. The second kappa shape index (κ2) is 6.14. The monoisotopic (exact) mass is 257 g/mol. The summed E-state index contributed by atoms with van der Waals surface area (Å²) < 4.78 is 4.90. The van der Waals surface area contributed by atoms with Gasteiger partial charge in [0.05, 0.1) is 11.2 Å². The van der Waals surface area contributed by atoms with Gasteiger partial charge in [0.2, 0.25) is 0 Å². The Bertz CT molecular complexity index is 374. The number of carbonyl (C=O) groups is 1. The van der Waals surface area contributed by atoms with Crippen molar-refractivity contribution in [3.63, 3.8) is 0 Å². The van der Waals surface area contributed by atoms with E-state index >= 15 is 0 Å². The van der Waals surface area contributed by atoms with Crippen molar-refractivity contribution in [1.29, 1.82) is 0 Å². The number of hydrogen-bond acceptors (Lipinski definition) is 4. The number of methoxy groups -OCH3 is 1. The van der Waals surface area contributed by atoms with Gasteiger partial charge < -0.3 is 15.2 Å². The molecule has 0 aliphatic heterocycles. The van der Waals surface area contributed by atoms with Crippen molar-refractivity contribution in [2.45, 2.75) is 25.9 Å². The Morgan fingerprint density at radius 2 is 2.29 bits per heavy atom. The molecule has 0 spiro atoms. The van der Waals surface area contributed by atoms with Gasteiger partial charge in [0.1, 0.15) is 0 Å². The van der Waals surface area contributed by atoms with Crippen LogP contribution in [0.4, 0.5) is 0 Å². The summed E-state index contributed by atoms with van der Waals surface area (Å²) in [5, 5.41) is 16.4. The topological polar surface area (TPSA) is 58.6 Å². The van der Waals surface area contributed by atoms with Gasteiger partial charge in [0.15, 0.2) is 0 Å². The average molecular weight is 257 g/mol. The zero-order valence-electron chi connectivity index (χ0n) is 10.4. The minimum absolute atomic E-state index is 0.138. The number of thiophene rings is 1. The predicted octanol–water partition coefficient (Wildman–Crippen LogP) is 1.57. The maximum absolute atomic E-state index is 11.8. The van der Waals surface area contributed by atoms with Crippen molar-refractivity contribution in [1.82, 2.24) is 5.32 Å². The molecule has 5 heteroatoms. The summed E-state index contributed by atoms with van der Waals surface area (Å²) in [7, 11) is 1.59. The number of hydrogen-bond donors (Lipinski definition) is 2. The summed E-state index contributed by atoms with van der Waals surface area (Å²) in [4.78, 5) is 11.8. The van der Waals surface area contributed by atoms with Crippen LogP contribution in [0.3, 0.4) is 0 Å². The number of nitrogens with one attached hydrogen (secondary N) is 1. The van der Waals surface area contributed by atoms with Crippen LogP contribution in [0.1, 0.15) is 29.3 Å². The molecule has 0 radical (unpaired) electrons. The molecule has 0 fully saturated rings. The Kier molecular flexibility index (Phi) is 5.11. The second-order valence-corrected chi connectivity index (χ2v) is 5.13. The lowest BCUT2D eigenvalue weighted by atomic mass is 10.0. The van der Waals surface area contributed by atoms with Crippen molar-refractivity contribution < 1.29 is 14.6 Å². The van der Waals surface area contributed by atoms with Gasteiger partial charge in [-0.3, -0.25) is 4.79 Å². The maximum Gasteiger partial charge on any atom is 0.252 e. The van der Waals surface area contributed by atoms with E-state index in [0.717, 1.165) is 5.56 Å². The Morgan fingerprint density at radius 3 is 2.82 bits per heavy atom. The lowest BCUT2D eigenvalue weighted by molar-refractivity contribution is 0.0243. The number of ether oxygens (including phenoxy) is 1. The van der Waals surface area contributed by atoms with E-state index in [0.29, 0.717) is 18.6 Å². The number of carbonyl (C=O) groups excluding carboxylic acids is 1. The van der Waals surface area contributed by atoms with Crippen LogP contribution >= 0.6 is 11.3 Å². The Morgan fingerprint density at radius 1 is 1.59 bits per heavy atom. The minimum atomic E-state index is -0.935. The SMILES string of the molecule is COCCC(C)(O)CNC(=O)c1cscc1C. The fourth-order valence-electron chi connectivity index (χ4n) is 1.37. The number of rotatable bonds is 6. The van der Waals surface area contributed by atoms with Crippen molar-refractivity contribution >= 4 is 17.2 Å². The van der Waals surface area contributed by atoms with Gasteiger partial charge >= 0.3 is 0 Å². The van der Waals surface area contributed by atoms with Crippen LogP contribution in [-0.4, -0.2) is 36.9 Å². The van der Waals surface area contributed by atoms with Gasteiger partial charge in [0, 0.05) is 32.1 Å². The molecule has 4 nitrogen and oxygen atoms in total. The third-order valence-electron chi connectivity index (χ3n) is 2.57. The third-order valence-corrected chi connectivity index (χ3v) is 3.44. The van der Waals surface area contributed by atoms with E-state index in [1.165, 1.54) is 11.3 Å². The fourth-order valence-corrected chi connectivity index (χ4v) is 2.20. The van der Waals surface area contributed by atoms with Crippen molar-refractivity contribution in [2.24, 2.45) is 0 Å². The highest BCUT2D eigenvalue weighted by Gasteiger charge is 2.21. The molecule has 17 heavy (non-hydrogen) atoms. The van der Waals surface area contributed by atoms with Crippen LogP contribution in [0.2, 0.25) is 0 Å². The largest absolute Gasteiger partial charge is 0.388 e. The van der Waals surface area contributed by atoms with E-state index in [1.54, 1.807) is 14.0 Å². The predicted molar refractivity (Wildman–Crippen MR) is 68.5 cm³/mol. The molecule has 1 aromatic rings. The van der Waals surface area contributed by atoms with E-state index < -0.39 is 5.60 Å². The first-order valence-corrected chi connectivity index (χ1v) is 6.43. The standard InChI is InChI=1S/C12H19NO3S/c1-9-6-17-7-10(9)11(14)13-8-12(2,15)4-5-16-3/h6-7,15H,4-5,8H2,1-3H3,(H,13,14). The molecule has 1 unspecified atom stereocenters. The highest BCUT2D eigenvalue weighted by Crippen LogP contribution is 2.14. The molecular weight excluding hydrogens is 238 g/mol. The number of amides is 1. The first-order chi connectivity index (χ1) is 7.96. The van der Waals surface area contributed by atoms with Crippen molar-refractivity contribution in [3.8, 4) is 0 Å². The third kappa shape index (κ3) is 4.46. The molecule has 1 atom stereocenters. The highest BCUT2D eigenvalue weighted by atomic mass is 32.1. The van der Waals surface area contributed by atoms with Crippen molar-refractivity contribution in [2.75, 3.05) is 20.3 Å². The lowest BCUT2D eigenvalue weighted by Crippen LogP contribution is -2.41. The first-order valence-electron chi connectivity index (χ1n) is 5.48. The lowest BCUT2D eigenvalue weighted by Gasteiger charge is -2.23. The highest BCUT2D eigenvalue weighted by molar-refractivity contribution is 7.08. The van der Waals surface area contributed by atoms with E-state index in [2.05, 4.69) is 5.32 Å². The van der Waals surface area contributed by atoms with Gasteiger partial charge in [-0.05, 0) is 24.8 Å². The van der Waals surface area contributed by atoms with Crippen LogP contribution < -0.4 is 5.32 Å². The molecule has 0 aliphatic carbocycles. The van der Waals surface area contributed by atoms with E-state index in [-0.39, 0.29) is 12.5 Å². The summed E-state index contributed by atoms with van der Waals surface area (Å²) in [6.07, 6.45) is 0.492. The molecule has 0 saturated heterocycles. The van der Waals surface area contributed by atoms with Crippen LogP contribution in [0.15, 0.2) is 10.8 Å². The van der Waals surface area contributed by atoms with Gasteiger partial charge in [0.25, 0.3) is 5.91 Å². The molecule has 1 heterocycles. The molecule has 2 N–H and O–H groups in total. The summed E-state index contributed by atoms with van der Waals surface area (Å²) in [6.45, 7) is 4.28. The van der Waals surface area contributed by atoms with Crippen LogP contribution in [0.5, 0.6) is 0 Å². The van der Waals surface area contributed by atoms with Gasteiger partial charge in [-0.1, -0.05) is 0 Å². The van der Waals surface area contributed by atoms with E-state index in [4.69, 9.17) is 4.74 Å². The Labute approximate surface area is 106 Å². The summed E-state index contributed by atoms with van der Waals surface area (Å²) in [5.41, 5.74) is 0.705. The van der Waals surface area contributed by atoms with E-state index in [9.17, 15) is 9.90 Å². The molecule has 0 aliphatic rings. The minimum Gasteiger partial charge on any atom is -0.388 e. The quantitative estimate of drug-likeness (QED) is 0.813. The number of aryl methyl sites for hydroxylation is 1. The average Bonchev–Trinajstić information content (AvgIpc) is 2.70. The molecule has 0 saturated carbocycles. The fraction of sp³-hybridized carbons (Fsp3) is 0.583. The zero-order chi connectivity index (χ0) is 12.9. The smallest absolute Gasteiger partial charge is 0.252 e. The second-order valence-electron chi connectivity index (χ2n) is 4.39. The summed E-state index contributed by atoms with van der Waals surface area (Å²) in [5.74, 6) is -0.138. The Balaban J connectivity index is 2.45. The zero-order valence-corrected chi connectivity index (χ0v) is 11.3. The maximum atomic E-state index is 11.8. The van der Waals surface area contributed by atoms with Gasteiger partial charge in [-0.15, -0.1) is 0 Å².